The average molecular weight is 266 g/mol. The van der Waals surface area contributed by atoms with E-state index >= 15 is 0 Å². The van der Waals surface area contributed by atoms with Gasteiger partial charge in [0.1, 0.15) is 5.75 Å². The number of rotatable bonds is 9. The van der Waals surface area contributed by atoms with Gasteiger partial charge in [-0.05, 0) is 37.5 Å². The Kier molecular flexibility index (Phi) is 6.92. The van der Waals surface area contributed by atoms with Gasteiger partial charge in [0.2, 0.25) is 0 Å². The third kappa shape index (κ3) is 6.79. The fourth-order valence-corrected chi connectivity index (χ4v) is 1.65. The summed E-state index contributed by atoms with van der Waals surface area (Å²) in [6.07, 6.45) is 1.77. The van der Waals surface area contributed by atoms with E-state index in [1.54, 1.807) is 0 Å². The number of nitrogens with two attached hydrogens (primary N) is 1. The summed E-state index contributed by atoms with van der Waals surface area (Å²) in [6.45, 7) is 3.00. The van der Waals surface area contributed by atoms with Crippen LogP contribution in [0, 0.1) is 0 Å². The van der Waals surface area contributed by atoms with E-state index in [2.05, 4.69) is 12.2 Å². The van der Waals surface area contributed by atoms with Crippen molar-refractivity contribution in [2.75, 3.05) is 13.2 Å². The highest BCUT2D eigenvalue weighted by atomic mass is 16.5. The van der Waals surface area contributed by atoms with E-state index in [4.69, 9.17) is 15.6 Å². The average Bonchev–Trinajstić information content (AvgIpc) is 2.41. The summed E-state index contributed by atoms with van der Waals surface area (Å²) in [5, 5.41) is 12.1. The molecule has 1 rings (SSSR count). The van der Waals surface area contributed by atoms with E-state index in [1.807, 2.05) is 24.3 Å². The van der Waals surface area contributed by atoms with Crippen LogP contribution in [0.15, 0.2) is 24.3 Å². The minimum absolute atomic E-state index is 0.101. The maximum atomic E-state index is 10.6. The fourth-order valence-electron chi connectivity index (χ4n) is 1.65. The van der Waals surface area contributed by atoms with Gasteiger partial charge in [-0.25, -0.2) is 0 Å². The SMILES string of the molecule is CC(CCCO)NCc1ccc(OCC(N)=O)cc1. The minimum atomic E-state index is -0.483. The molecule has 1 aromatic rings. The quantitative estimate of drug-likeness (QED) is 0.617. The second-order valence-electron chi connectivity index (χ2n) is 4.55. The first-order valence-corrected chi connectivity index (χ1v) is 6.46. The molecule has 0 saturated carbocycles. The number of nitrogens with one attached hydrogen (secondary N) is 1. The molecule has 0 aliphatic rings. The van der Waals surface area contributed by atoms with Crippen molar-refractivity contribution in [2.45, 2.75) is 32.4 Å². The van der Waals surface area contributed by atoms with Crippen LogP contribution in [0.2, 0.25) is 0 Å². The molecule has 0 bridgehead atoms. The molecule has 106 valence electrons. The molecule has 1 unspecified atom stereocenters. The first kappa shape index (κ1) is 15.5. The summed E-state index contributed by atoms with van der Waals surface area (Å²) >= 11 is 0. The van der Waals surface area contributed by atoms with Crippen molar-refractivity contribution in [2.24, 2.45) is 5.73 Å². The molecular formula is C14H22N2O3. The summed E-state index contributed by atoms with van der Waals surface area (Å²) in [4.78, 5) is 10.6. The molecule has 0 saturated heterocycles. The van der Waals surface area contributed by atoms with Gasteiger partial charge >= 0.3 is 0 Å². The van der Waals surface area contributed by atoms with Gasteiger partial charge in [0.15, 0.2) is 6.61 Å². The molecular weight excluding hydrogens is 244 g/mol. The Morgan fingerprint density at radius 1 is 1.42 bits per heavy atom. The molecule has 0 spiro atoms. The van der Waals surface area contributed by atoms with Crippen LogP contribution in [-0.4, -0.2) is 30.3 Å². The van der Waals surface area contributed by atoms with Crippen LogP contribution in [0.3, 0.4) is 0 Å². The lowest BCUT2D eigenvalue weighted by Gasteiger charge is -2.13. The Hall–Kier alpha value is -1.59. The van der Waals surface area contributed by atoms with E-state index in [-0.39, 0.29) is 13.2 Å². The Labute approximate surface area is 113 Å². The highest BCUT2D eigenvalue weighted by Gasteiger charge is 2.02. The number of aliphatic hydroxyl groups is 1. The molecule has 5 nitrogen and oxygen atoms in total. The molecule has 1 aromatic carbocycles. The van der Waals surface area contributed by atoms with Crippen LogP contribution < -0.4 is 15.8 Å². The van der Waals surface area contributed by atoms with Crippen molar-refractivity contribution < 1.29 is 14.6 Å². The van der Waals surface area contributed by atoms with Crippen molar-refractivity contribution >= 4 is 5.91 Å². The van der Waals surface area contributed by atoms with E-state index in [9.17, 15) is 4.79 Å². The molecule has 0 fully saturated rings. The van der Waals surface area contributed by atoms with Gasteiger partial charge < -0.3 is 20.9 Å². The minimum Gasteiger partial charge on any atom is -0.484 e. The number of primary amides is 1. The number of hydrogen-bond acceptors (Lipinski definition) is 4. The van der Waals surface area contributed by atoms with Crippen LogP contribution in [0.25, 0.3) is 0 Å². The van der Waals surface area contributed by atoms with Crippen molar-refractivity contribution in [1.29, 1.82) is 0 Å². The van der Waals surface area contributed by atoms with E-state index in [1.165, 1.54) is 0 Å². The zero-order valence-electron chi connectivity index (χ0n) is 11.3. The molecule has 19 heavy (non-hydrogen) atoms. The maximum Gasteiger partial charge on any atom is 0.255 e. The number of hydrogen-bond donors (Lipinski definition) is 3. The van der Waals surface area contributed by atoms with Crippen LogP contribution in [-0.2, 0) is 11.3 Å². The summed E-state index contributed by atoms with van der Waals surface area (Å²) in [7, 11) is 0. The summed E-state index contributed by atoms with van der Waals surface area (Å²) < 4.78 is 5.18. The largest absolute Gasteiger partial charge is 0.484 e. The van der Waals surface area contributed by atoms with Crippen molar-refractivity contribution in [3.8, 4) is 5.75 Å². The zero-order valence-corrected chi connectivity index (χ0v) is 11.3. The molecule has 0 aromatic heterocycles. The first-order valence-electron chi connectivity index (χ1n) is 6.46. The van der Waals surface area contributed by atoms with Gasteiger partial charge in [0, 0.05) is 19.2 Å². The normalized spacial score (nSPS) is 12.1. The lowest BCUT2D eigenvalue weighted by molar-refractivity contribution is -0.119. The Morgan fingerprint density at radius 2 is 2.11 bits per heavy atom. The maximum absolute atomic E-state index is 10.6. The number of aliphatic hydroxyl groups excluding tert-OH is 1. The Balaban J connectivity index is 2.33. The van der Waals surface area contributed by atoms with Crippen LogP contribution in [0.4, 0.5) is 0 Å². The highest BCUT2D eigenvalue weighted by molar-refractivity contribution is 5.75. The second-order valence-corrected chi connectivity index (χ2v) is 4.55. The van der Waals surface area contributed by atoms with Crippen molar-refractivity contribution in [3.63, 3.8) is 0 Å². The number of ether oxygens (including phenoxy) is 1. The zero-order chi connectivity index (χ0) is 14.1. The van der Waals surface area contributed by atoms with Crippen molar-refractivity contribution in [3.05, 3.63) is 29.8 Å². The molecule has 1 amide bonds. The standard InChI is InChI=1S/C14H22N2O3/c1-11(3-2-8-17)16-9-12-4-6-13(7-5-12)19-10-14(15)18/h4-7,11,16-17H,2-3,8-10H2,1H3,(H2,15,18). The predicted octanol–water partition coefficient (Wildman–Crippen LogP) is 0.801. The highest BCUT2D eigenvalue weighted by Crippen LogP contribution is 2.12. The van der Waals surface area contributed by atoms with Gasteiger partial charge in [-0.1, -0.05) is 12.1 Å². The Bertz CT molecular complexity index is 379. The smallest absolute Gasteiger partial charge is 0.255 e. The van der Waals surface area contributed by atoms with E-state index < -0.39 is 5.91 Å². The molecule has 5 heteroatoms. The van der Waals surface area contributed by atoms with Crippen LogP contribution in [0.5, 0.6) is 5.75 Å². The molecule has 0 radical (unpaired) electrons. The summed E-state index contributed by atoms with van der Waals surface area (Å²) in [5.74, 6) is 0.152. The fraction of sp³-hybridized carbons (Fsp3) is 0.500. The van der Waals surface area contributed by atoms with Gasteiger partial charge in [-0.2, -0.15) is 0 Å². The third-order valence-electron chi connectivity index (χ3n) is 2.75. The second kappa shape index (κ2) is 8.50. The van der Waals surface area contributed by atoms with Gasteiger partial charge in [0.05, 0.1) is 0 Å². The van der Waals surface area contributed by atoms with Crippen molar-refractivity contribution in [1.82, 2.24) is 5.32 Å². The molecule has 4 N–H and O–H groups in total. The number of carbonyl (C=O) groups is 1. The lowest BCUT2D eigenvalue weighted by Crippen LogP contribution is -2.25. The predicted molar refractivity (Wildman–Crippen MR) is 73.8 cm³/mol. The third-order valence-corrected chi connectivity index (χ3v) is 2.75. The van der Waals surface area contributed by atoms with Crippen LogP contribution in [0.1, 0.15) is 25.3 Å². The number of amides is 1. The van der Waals surface area contributed by atoms with Crippen LogP contribution >= 0.6 is 0 Å². The molecule has 0 heterocycles. The van der Waals surface area contributed by atoms with E-state index in [0.717, 1.165) is 24.9 Å². The van der Waals surface area contributed by atoms with E-state index in [0.29, 0.717) is 11.8 Å². The summed E-state index contributed by atoms with van der Waals surface area (Å²) in [5.41, 5.74) is 6.14. The monoisotopic (exact) mass is 266 g/mol. The van der Waals surface area contributed by atoms with Gasteiger partial charge in [-0.15, -0.1) is 0 Å². The molecule has 0 aliphatic heterocycles. The number of carbonyl (C=O) groups excluding carboxylic acids is 1. The number of benzene rings is 1. The van der Waals surface area contributed by atoms with Gasteiger partial charge in [0.25, 0.3) is 5.91 Å². The topological polar surface area (TPSA) is 84.6 Å². The summed E-state index contributed by atoms with van der Waals surface area (Å²) in [6, 6.07) is 7.90. The lowest BCUT2D eigenvalue weighted by atomic mass is 10.1. The molecule has 1 atom stereocenters. The molecule has 0 aliphatic carbocycles. The first-order chi connectivity index (χ1) is 9.11. The van der Waals surface area contributed by atoms with Gasteiger partial charge in [-0.3, -0.25) is 4.79 Å². The Morgan fingerprint density at radius 3 is 2.68 bits per heavy atom.